The van der Waals surface area contributed by atoms with Gasteiger partial charge in [-0.1, -0.05) is 0 Å². The first-order chi connectivity index (χ1) is 7.13. The third-order valence-corrected chi connectivity index (χ3v) is 2.52. The summed E-state index contributed by atoms with van der Waals surface area (Å²) in [6.45, 7) is 2.21. The lowest BCUT2D eigenvalue weighted by atomic mass is 10.4. The van der Waals surface area contributed by atoms with Crippen molar-refractivity contribution in [3.63, 3.8) is 0 Å². The highest BCUT2D eigenvalue weighted by Gasteiger charge is 2.11. The molecule has 15 heavy (non-hydrogen) atoms. The molecule has 0 aromatic carbocycles. The van der Waals surface area contributed by atoms with Crippen molar-refractivity contribution >= 4 is 17.4 Å². The molecule has 0 bridgehead atoms. The van der Waals surface area contributed by atoms with Crippen molar-refractivity contribution in [2.24, 2.45) is 0 Å². The lowest BCUT2D eigenvalue weighted by Gasteiger charge is -2.14. The maximum Gasteiger partial charge on any atom is 0.409 e. The Kier molecular flexibility index (Phi) is 4.51. The number of rotatable bonds is 4. The number of hydrogen-bond donors (Lipinski definition) is 1. The Balaban J connectivity index is 2.41. The number of aliphatic hydroxyl groups excluding tert-OH is 1. The monoisotopic (exact) mass is 230 g/mol. The molecule has 1 amide bonds. The highest BCUT2D eigenvalue weighted by atomic mass is 32.1. The Morgan fingerprint density at radius 3 is 3.00 bits per heavy atom. The highest BCUT2D eigenvalue weighted by Crippen LogP contribution is 2.09. The summed E-state index contributed by atoms with van der Waals surface area (Å²) in [6.07, 6.45) is -0.449. The van der Waals surface area contributed by atoms with Gasteiger partial charge in [-0.15, -0.1) is 11.3 Å². The van der Waals surface area contributed by atoms with E-state index in [4.69, 9.17) is 9.84 Å². The largest absolute Gasteiger partial charge is 0.447 e. The summed E-state index contributed by atoms with van der Waals surface area (Å²) in [4.78, 5) is 16.9. The van der Waals surface area contributed by atoms with E-state index < -0.39 is 6.09 Å². The highest BCUT2D eigenvalue weighted by molar-refractivity contribution is 7.09. The number of aliphatic hydroxyl groups is 1. The first kappa shape index (κ1) is 11.9. The number of hydrogen-bond acceptors (Lipinski definition) is 5. The van der Waals surface area contributed by atoms with Gasteiger partial charge < -0.3 is 14.7 Å². The van der Waals surface area contributed by atoms with Crippen LogP contribution in [-0.2, 0) is 11.3 Å². The molecule has 0 aliphatic heterocycles. The fraction of sp³-hybridized carbons (Fsp3) is 0.556. The number of aromatic nitrogens is 1. The van der Waals surface area contributed by atoms with Gasteiger partial charge in [-0.3, -0.25) is 0 Å². The first-order valence-corrected chi connectivity index (χ1v) is 5.41. The van der Waals surface area contributed by atoms with E-state index in [0.29, 0.717) is 6.54 Å². The fourth-order valence-corrected chi connectivity index (χ4v) is 1.64. The van der Waals surface area contributed by atoms with Gasteiger partial charge in [0, 0.05) is 12.4 Å². The van der Waals surface area contributed by atoms with Crippen LogP contribution in [0.4, 0.5) is 4.79 Å². The summed E-state index contributed by atoms with van der Waals surface area (Å²) in [5, 5.41) is 11.4. The molecule has 5 nitrogen and oxygen atoms in total. The first-order valence-electron chi connectivity index (χ1n) is 4.53. The predicted octanol–water partition coefficient (Wildman–Crippen LogP) is 1.01. The van der Waals surface area contributed by atoms with E-state index in [1.807, 2.05) is 12.3 Å². The Morgan fingerprint density at radius 1 is 1.73 bits per heavy atom. The predicted molar refractivity (Wildman–Crippen MR) is 56.8 cm³/mol. The van der Waals surface area contributed by atoms with Crippen LogP contribution in [0.3, 0.4) is 0 Å². The van der Waals surface area contributed by atoms with Crippen molar-refractivity contribution in [2.45, 2.75) is 13.5 Å². The number of amides is 1. The number of aryl methyl sites for hydroxylation is 1. The zero-order valence-corrected chi connectivity index (χ0v) is 9.58. The zero-order chi connectivity index (χ0) is 11.3. The molecule has 6 heteroatoms. The van der Waals surface area contributed by atoms with Crippen LogP contribution in [0, 0.1) is 6.92 Å². The number of carbonyl (C=O) groups is 1. The zero-order valence-electron chi connectivity index (χ0n) is 8.77. The molecule has 0 saturated carbocycles. The van der Waals surface area contributed by atoms with E-state index in [1.54, 1.807) is 18.4 Å². The molecule has 0 saturated heterocycles. The third-order valence-electron chi connectivity index (χ3n) is 1.69. The molecule has 0 spiro atoms. The minimum Gasteiger partial charge on any atom is -0.447 e. The van der Waals surface area contributed by atoms with Crippen LogP contribution in [-0.4, -0.2) is 41.3 Å². The van der Waals surface area contributed by atoms with Gasteiger partial charge in [-0.2, -0.15) is 0 Å². The van der Waals surface area contributed by atoms with Crippen LogP contribution in [0.2, 0.25) is 0 Å². The topological polar surface area (TPSA) is 62.7 Å². The van der Waals surface area contributed by atoms with E-state index in [9.17, 15) is 4.79 Å². The van der Waals surface area contributed by atoms with Crippen molar-refractivity contribution in [2.75, 3.05) is 20.3 Å². The van der Waals surface area contributed by atoms with E-state index >= 15 is 0 Å². The van der Waals surface area contributed by atoms with Crippen molar-refractivity contribution in [3.05, 3.63) is 16.1 Å². The van der Waals surface area contributed by atoms with Gasteiger partial charge in [-0.25, -0.2) is 9.78 Å². The normalized spacial score (nSPS) is 10.1. The molecule has 1 heterocycles. The second kappa shape index (κ2) is 5.67. The Hall–Kier alpha value is -1.14. The van der Waals surface area contributed by atoms with Gasteiger partial charge in [0.1, 0.15) is 6.61 Å². The molecule has 0 radical (unpaired) electrons. The van der Waals surface area contributed by atoms with Gasteiger partial charge in [-0.05, 0) is 6.92 Å². The molecular weight excluding hydrogens is 216 g/mol. The summed E-state index contributed by atoms with van der Waals surface area (Å²) in [6, 6.07) is 0. The molecule has 0 fully saturated rings. The SMILES string of the molecule is Cc1nc(CN(C)C(=O)OCCO)cs1. The van der Waals surface area contributed by atoms with Crippen LogP contribution in [0.15, 0.2) is 5.38 Å². The Morgan fingerprint density at radius 2 is 2.47 bits per heavy atom. The van der Waals surface area contributed by atoms with Crippen LogP contribution in [0.5, 0.6) is 0 Å². The summed E-state index contributed by atoms with van der Waals surface area (Å²) >= 11 is 1.55. The molecule has 1 aromatic heterocycles. The number of carbonyl (C=O) groups excluding carboxylic acids is 1. The average Bonchev–Trinajstić information content (AvgIpc) is 2.60. The van der Waals surface area contributed by atoms with Gasteiger partial charge in [0.15, 0.2) is 0 Å². The van der Waals surface area contributed by atoms with Crippen molar-refractivity contribution in [1.82, 2.24) is 9.88 Å². The van der Waals surface area contributed by atoms with E-state index in [0.717, 1.165) is 10.7 Å². The molecule has 0 aliphatic rings. The molecule has 1 rings (SSSR count). The molecule has 84 valence electrons. The summed E-state index contributed by atoms with van der Waals surface area (Å²) in [7, 11) is 1.63. The molecule has 1 N–H and O–H groups in total. The minimum absolute atomic E-state index is 0.0271. The molecule has 0 unspecified atom stereocenters. The second-order valence-electron chi connectivity index (χ2n) is 3.05. The lowest BCUT2D eigenvalue weighted by Crippen LogP contribution is -2.27. The van der Waals surface area contributed by atoms with Crippen LogP contribution < -0.4 is 0 Å². The van der Waals surface area contributed by atoms with E-state index in [-0.39, 0.29) is 13.2 Å². The Bertz CT molecular complexity index is 327. The van der Waals surface area contributed by atoms with Gasteiger partial charge in [0.25, 0.3) is 0 Å². The van der Waals surface area contributed by atoms with Crippen LogP contribution in [0.1, 0.15) is 10.7 Å². The number of nitrogens with zero attached hydrogens (tertiary/aromatic N) is 2. The third kappa shape index (κ3) is 3.85. The number of thiazole rings is 1. The van der Waals surface area contributed by atoms with Crippen molar-refractivity contribution in [3.8, 4) is 0 Å². The minimum atomic E-state index is -0.449. The van der Waals surface area contributed by atoms with Crippen molar-refractivity contribution in [1.29, 1.82) is 0 Å². The van der Waals surface area contributed by atoms with Crippen LogP contribution in [0.25, 0.3) is 0 Å². The fourth-order valence-electron chi connectivity index (χ4n) is 1.03. The number of ether oxygens (including phenoxy) is 1. The maximum atomic E-state index is 11.3. The lowest BCUT2D eigenvalue weighted by molar-refractivity contribution is 0.0891. The second-order valence-corrected chi connectivity index (χ2v) is 4.11. The molecule has 0 atom stereocenters. The van der Waals surface area contributed by atoms with Gasteiger partial charge >= 0.3 is 6.09 Å². The quantitative estimate of drug-likeness (QED) is 0.838. The molecule has 0 aliphatic carbocycles. The summed E-state index contributed by atoms with van der Waals surface area (Å²) in [5.41, 5.74) is 0.848. The van der Waals surface area contributed by atoms with E-state index in [1.165, 1.54) is 4.90 Å². The molecule has 1 aromatic rings. The van der Waals surface area contributed by atoms with Crippen molar-refractivity contribution < 1.29 is 14.6 Å². The Labute approximate surface area is 92.3 Å². The van der Waals surface area contributed by atoms with Gasteiger partial charge in [0.2, 0.25) is 0 Å². The smallest absolute Gasteiger partial charge is 0.409 e. The summed E-state index contributed by atoms with van der Waals surface area (Å²) in [5.74, 6) is 0. The summed E-state index contributed by atoms with van der Waals surface area (Å²) < 4.78 is 4.74. The van der Waals surface area contributed by atoms with E-state index in [2.05, 4.69) is 4.98 Å². The average molecular weight is 230 g/mol. The van der Waals surface area contributed by atoms with Crippen LogP contribution >= 0.6 is 11.3 Å². The molecular formula is C9H14N2O3S. The van der Waals surface area contributed by atoms with Gasteiger partial charge in [0.05, 0.1) is 23.9 Å². The maximum absolute atomic E-state index is 11.3. The standard InChI is InChI=1S/C9H14N2O3S/c1-7-10-8(6-15-7)5-11(2)9(13)14-4-3-12/h6,12H,3-5H2,1-2H3.